The smallest absolute Gasteiger partial charge is 0.188 e. The van der Waals surface area contributed by atoms with Crippen molar-refractivity contribution in [1.29, 1.82) is 0 Å². The topological polar surface area (TPSA) is 59.6 Å². The van der Waals surface area contributed by atoms with Gasteiger partial charge in [0.15, 0.2) is 5.96 Å². The number of hydrogen-bond acceptors (Lipinski definition) is 2. The second kappa shape index (κ2) is 10.7. The van der Waals surface area contributed by atoms with E-state index in [1.54, 1.807) is 12.1 Å². The van der Waals surface area contributed by atoms with Crippen molar-refractivity contribution in [2.24, 2.45) is 16.6 Å². The molecule has 6 heteroatoms. The third-order valence-electron chi connectivity index (χ3n) is 2.34. The summed E-state index contributed by atoms with van der Waals surface area (Å²) >= 11 is 0. The van der Waals surface area contributed by atoms with E-state index in [9.17, 15) is 4.39 Å². The molecular formula is C14H23FIN3O. The summed E-state index contributed by atoms with van der Waals surface area (Å²) in [7, 11) is 0. The zero-order valence-electron chi connectivity index (χ0n) is 11.9. The molecule has 4 nitrogen and oxygen atoms in total. The van der Waals surface area contributed by atoms with Crippen LogP contribution in [-0.2, 0) is 0 Å². The molecule has 1 rings (SSSR count). The molecule has 0 aliphatic heterocycles. The van der Waals surface area contributed by atoms with Gasteiger partial charge in [-0.2, -0.15) is 0 Å². The minimum atomic E-state index is -0.261. The molecule has 114 valence electrons. The number of aliphatic imine (C=N–C) groups is 1. The van der Waals surface area contributed by atoms with Gasteiger partial charge in [0, 0.05) is 13.1 Å². The lowest BCUT2D eigenvalue weighted by Gasteiger charge is -2.08. The molecule has 0 saturated carbocycles. The first-order valence-electron chi connectivity index (χ1n) is 6.50. The summed E-state index contributed by atoms with van der Waals surface area (Å²) < 4.78 is 18.1. The van der Waals surface area contributed by atoms with Crippen molar-refractivity contribution in [3.05, 3.63) is 30.1 Å². The third-order valence-corrected chi connectivity index (χ3v) is 2.34. The maximum absolute atomic E-state index is 12.7. The minimum Gasteiger partial charge on any atom is -0.494 e. The van der Waals surface area contributed by atoms with Gasteiger partial charge in [-0.15, -0.1) is 24.0 Å². The van der Waals surface area contributed by atoms with E-state index < -0.39 is 0 Å². The van der Waals surface area contributed by atoms with Gasteiger partial charge in [-0.3, -0.25) is 4.99 Å². The van der Waals surface area contributed by atoms with E-state index in [0.717, 1.165) is 13.0 Å². The first-order chi connectivity index (χ1) is 9.08. The molecule has 0 heterocycles. The predicted octanol–water partition coefficient (Wildman–Crippen LogP) is 2.77. The molecule has 1 aromatic carbocycles. The Balaban J connectivity index is 0.00000361. The molecular weight excluding hydrogens is 372 g/mol. The minimum absolute atomic E-state index is 0. The van der Waals surface area contributed by atoms with Crippen LogP contribution in [0.15, 0.2) is 29.3 Å². The van der Waals surface area contributed by atoms with E-state index in [1.807, 2.05) is 0 Å². The molecule has 20 heavy (non-hydrogen) atoms. The summed E-state index contributed by atoms with van der Waals surface area (Å²) in [5, 5.41) is 3.02. The monoisotopic (exact) mass is 395 g/mol. The Hall–Kier alpha value is -1.05. The number of rotatable bonds is 7. The maximum atomic E-state index is 12.7. The summed E-state index contributed by atoms with van der Waals surface area (Å²) in [4.78, 5) is 4.19. The van der Waals surface area contributed by atoms with E-state index in [2.05, 4.69) is 24.2 Å². The SMILES string of the molecule is CC(C)CN=C(N)NCCCOc1ccc(F)cc1.I. The van der Waals surface area contributed by atoms with Crippen LogP contribution in [0, 0.1) is 11.7 Å². The highest BCUT2D eigenvalue weighted by Gasteiger charge is 1.96. The molecule has 0 fully saturated rings. The number of halogens is 2. The Morgan fingerprint density at radius 3 is 2.60 bits per heavy atom. The highest BCUT2D eigenvalue weighted by Crippen LogP contribution is 2.10. The first kappa shape index (κ1) is 18.9. The summed E-state index contributed by atoms with van der Waals surface area (Å²) in [5.41, 5.74) is 5.69. The van der Waals surface area contributed by atoms with Gasteiger partial charge in [-0.05, 0) is 36.6 Å². The first-order valence-corrected chi connectivity index (χ1v) is 6.50. The number of nitrogens with one attached hydrogen (secondary N) is 1. The molecule has 0 amide bonds. The highest BCUT2D eigenvalue weighted by molar-refractivity contribution is 14.0. The van der Waals surface area contributed by atoms with Crippen LogP contribution in [0.5, 0.6) is 5.75 Å². The molecule has 0 saturated heterocycles. The fourth-order valence-electron chi connectivity index (χ4n) is 1.35. The average Bonchev–Trinajstić information content (AvgIpc) is 2.38. The predicted molar refractivity (Wildman–Crippen MR) is 91.3 cm³/mol. The third kappa shape index (κ3) is 8.95. The van der Waals surface area contributed by atoms with Gasteiger partial charge < -0.3 is 15.8 Å². The highest BCUT2D eigenvalue weighted by atomic mass is 127. The van der Waals surface area contributed by atoms with Crippen LogP contribution in [0.3, 0.4) is 0 Å². The van der Waals surface area contributed by atoms with E-state index in [0.29, 0.717) is 30.8 Å². The molecule has 1 aromatic rings. The van der Waals surface area contributed by atoms with E-state index in [-0.39, 0.29) is 29.8 Å². The van der Waals surface area contributed by atoms with Crippen molar-refractivity contribution < 1.29 is 9.13 Å². The summed E-state index contributed by atoms with van der Waals surface area (Å²) in [5.74, 6) is 1.38. The van der Waals surface area contributed by atoms with Gasteiger partial charge >= 0.3 is 0 Å². The summed E-state index contributed by atoms with van der Waals surface area (Å²) in [6, 6.07) is 5.98. The van der Waals surface area contributed by atoms with Gasteiger partial charge in [0.2, 0.25) is 0 Å². The van der Waals surface area contributed by atoms with Gasteiger partial charge in [-0.1, -0.05) is 13.8 Å². The number of nitrogens with zero attached hydrogens (tertiary/aromatic N) is 1. The molecule has 0 bridgehead atoms. The number of hydrogen-bond donors (Lipinski definition) is 2. The van der Waals surface area contributed by atoms with Crippen LogP contribution in [0.2, 0.25) is 0 Å². The van der Waals surface area contributed by atoms with Crippen LogP contribution in [-0.4, -0.2) is 25.7 Å². The van der Waals surface area contributed by atoms with Crippen LogP contribution < -0.4 is 15.8 Å². The van der Waals surface area contributed by atoms with Crippen LogP contribution in [0.4, 0.5) is 4.39 Å². The molecule has 0 unspecified atom stereocenters. The molecule has 0 aromatic heterocycles. The zero-order valence-corrected chi connectivity index (χ0v) is 14.3. The fourth-order valence-corrected chi connectivity index (χ4v) is 1.35. The fraction of sp³-hybridized carbons (Fsp3) is 0.500. The normalized spacial score (nSPS) is 11.1. The van der Waals surface area contributed by atoms with Gasteiger partial charge in [0.1, 0.15) is 11.6 Å². The van der Waals surface area contributed by atoms with Crippen molar-refractivity contribution in [2.45, 2.75) is 20.3 Å². The lowest BCUT2D eigenvalue weighted by atomic mass is 10.2. The Bertz CT molecular complexity index is 396. The molecule has 0 atom stereocenters. The number of ether oxygens (including phenoxy) is 1. The second-order valence-electron chi connectivity index (χ2n) is 4.70. The van der Waals surface area contributed by atoms with Crippen molar-refractivity contribution in [1.82, 2.24) is 5.32 Å². The van der Waals surface area contributed by atoms with Gasteiger partial charge in [0.05, 0.1) is 6.61 Å². The van der Waals surface area contributed by atoms with Gasteiger partial charge in [-0.25, -0.2) is 4.39 Å². The van der Waals surface area contributed by atoms with Crippen LogP contribution >= 0.6 is 24.0 Å². The Kier molecular flexibility index (Phi) is 10.1. The molecule has 3 N–H and O–H groups in total. The number of nitrogens with two attached hydrogens (primary N) is 1. The second-order valence-corrected chi connectivity index (χ2v) is 4.70. The summed E-state index contributed by atoms with van der Waals surface area (Å²) in [6.07, 6.45) is 0.801. The van der Waals surface area contributed by atoms with Crippen LogP contribution in [0.1, 0.15) is 20.3 Å². The standard InChI is InChI=1S/C14H22FN3O.HI/c1-11(2)10-18-14(16)17-8-3-9-19-13-6-4-12(15)5-7-13;/h4-7,11H,3,8-10H2,1-2H3,(H3,16,17,18);1H. The zero-order chi connectivity index (χ0) is 14.1. The van der Waals surface area contributed by atoms with Crippen molar-refractivity contribution in [2.75, 3.05) is 19.7 Å². The largest absolute Gasteiger partial charge is 0.494 e. The van der Waals surface area contributed by atoms with Gasteiger partial charge in [0.25, 0.3) is 0 Å². The van der Waals surface area contributed by atoms with E-state index in [1.165, 1.54) is 12.1 Å². The van der Waals surface area contributed by atoms with Crippen LogP contribution in [0.25, 0.3) is 0 Å². The maximum Gasteiger partial charge on any atom is 0.188 e. The number of guanidine groups is 1. The quantitative estimate of drug-likeness (QED) is 0.323. The Morgan fingerprint density at radius 2 is 2.00 bits per heavy atom. The average molecular weight is 395 g/mol. The van der Waals surface area contributed by atoms with E-state index in [4.69, 9.17) is 10.5 Å². The van der Waals surface area contributed by atoms with E-state index >= 15 is 0 Å². The van der Waals surface area contributed by atoms with Crippen molar-refractivity contribution in [3.63, 3.8) is 0 Å². The molecule has 0 aliphatic rings. The molecule has 0 spiro atoms. The Morgan fingerprint density at radius 1 is 1.35 bits per heavy atom. The molecule has 0 aliphatic carbocycles. The number of benzene rings is 1. The van der Waals surface area contributed by atoms with Crippen molar-refractivity contribution >= 4 is 29.9 Å². The lowest BCUT2D eigenvalue weighted by Crippen LogP contribution is -2.33. The van der Waals surface area contributed by atoms with Crippen molar-refractivity contribution in [3.8, 4) is 5.75 Å². The summed E-state index contributed by atoms with van der Waals surface area (Å²) in [6.45, 7) is 6.16. The molecule has 0 radical (unpaired) electrons. The Labute approximate surface area is 137 Å². The lowest BCUT2D eigenvalue weighted by molar-refractivity contribution is 0.311.